The van der Waals surface area contributed by atoms with Crippen LogP contribution in [0, 0.1) is 0 Å². The maximum atomic E-state index is 12.0. The number of pyridine rings is 2. The standard InChI is InChI=1S/C11H6BN2O/c15-9-7-3-1-5-13-10(7)12-11-8(9)4-2-6-14-11/h1-6H. The Morgan fingerprint density at radius 3 is 2.00 bits per heavy atom. The third-order valence-corrected chi connectivity index (χ3v) is 2.44. The molecule has 2 aromatic heterocycles. The van der Waals surface area contributed by atoms with Crippen molar-refractivity contribution in [1.82, 2.24) is 9.97 Å². The Kier molecular flexibility index (Phi) is 1.68. The van der Waals surface area contributed by atoms with Gasteiger partial charge in [0.05, 0.1) is 0 Å². The third kappa shape index (κ3) is 1.18. The number of carbonyl (C=O) groups is 1. The second-order valence-electron chi connectivity index (χ2n) is 3.35. The van der Waals surface area contributed by atoms with E-state index in [4.69, 9.17) is 0 Å². The molecule has 69 valence electrons. The van der Waals surface area contributed by atoms with Crippen LogP contribution in [0.4, 0.5) is 0 Å². The molecule has 0 N–H and O–H groups in total. The van der Waals surface area contributed by atoms with Crippen molar-refractivity contribution in [2.45, 2.75) is 0 Å². The first kappa shape index (κ1) is 8.35. The summed E-state index contributed by atoms with van der Waals surface area (Å²) in [5.41, 5.74) is 2.71. The van der Waals surface area contributed by atoms with Crippen molar-refractivity contribution < 1.29 is 4.79 Å². The second kappa shape index (κ2) is 3.02. The highest BCUT2D eigenvalue weighted by Crippen LogP contribution is 2.07. The van der Waals surface area contributed by atoms with Crippen molar-refractivity contribution in [2.24, 2.45) is 0 Å². The first-order chi connectivity index (χ1) is 7.36. The molecule has 0 spiro atoms. The largest absolute Gasteiger partial charge is 0.289 e. The highest BCUT2D eigenvalue weighted by molar-refractivity contribution is 6.70. The van der Waals surface area contributed by atoms with Crippen LogP contribution in [0.2, 0.25) is 0 Å². The number of carbonyl (C=O) groups excluding carboxylic acids is 1. The fourth-order valence-corrected chi connectivity index (χ4v) is 1.72. The molecule has 4 heteroatoms. The first-order valence-corrected chi connectivity index (χ1v) is 4.66. The summed E-state index contributed by atoms with van der Waals surface area (Å²) in [6, 6.07) is 7.12. The number of aromatic nitrogens is 2. The van der Waals surface area contributed by atoms with Crippen LogP contribution in [0.3, 0.4) is 0 Å². The molecule has 1 aliphatic heterocycles. The van der Waals surface area contributed by atoms with Crippen molar-refractivity contribution in [3.8, 4) is 0 Å². The summed E-state index contributed by atoms with van der Waals surface area (Å²) < 4.78 is 0. The molecule has 3 nitrogen and oxygen atoms in total. The molecule has 1 radical (unpaired) electrons. The molecule has 0 fully saturated rings. The highest BCUT2D eigenvalue weighted by atomic mass is 16.1. The van der Waals surface area contributed by atoms with Crippen molar-refractivity contribution in [3.05, 3.63) is 47.8 Å². The van der Waals surface area contributed by atoms with E-state index in [1.807, 2.05) is 7.28 Å². The number of ketones is 1. The number of hydrogen-bond donors (Lipinski definition) is 0. The third-order valence-electron chi connectivity index (χ3n) is 2.44. The van der Waals surface area contributed by atoms with Gasteiger partial charge in [0.2, 0.25) is 7.28 Å². The van der Waals surface area contributed by atoms with Gasteiger partial charge in [0, 0.05) is 34.7 Å². The number of hydrogen-bond acceptors (Lipinski definition) is 3. The van der Waals surface area contributed by atoms with Crippen LogP contribution >= 0.6 is 0 Å². The van der Waals surface area contributed by atoms with E-state index in [1.165, 1.54) is 0 Å². The molecule has 3 heterocycles. The van der Waals surface area contributed by atoms with Crippen LogP contribution in [-0.4, -0.2) is 23.0 Å². The monoisotopic (exact) mass is 193 g/mol. The van der Waals surface area contributed by atoms with Crippen LogP contribution < -0.4 is 11.2 Å². The minimum absolute atomic E-state index is 0.00343. The molecule has 0 atom stereocenters. The molecule has 0 unspecified atom stereocenters. The zero-order chi connectivity index (χ0) is 10.3. The van der Waals surface area contributed by atoms with E-state index in [0.717, 1.165) is 0 Å². The van der Waals surface area contributed by atoms with Crippen molar-refractivity contribution in [1.29, 1.82) is 0 Å². The highest BCUT2D eigenvalue weighted by Gasteiger charge is 2.24. The fraction of sp³-hybridized carbons (Fsp3) is 0. The lowest BCUT2D eigenvalue weighted by Gasteiger charge is -2.14. The van der Waals surface area contributed by atoms with E-state index in [9.17, 15) is 4.79 Å². The summed E-state index contributed by atoms with van der Waals surface area (Å²) in [5.74, 6) is 0.00343. The molecule has 0 saturated heterocycles. The molecule has 0 saturated carbocycles. The van der Waals surface area contributed by atoms with Crippen LogP contribution in [0.15, 0.2) is 36.7 Å². The van der Waals surface area contributed by atoms with E-state index < -0.39 is 0 Å². The Morgan fingerprint density at radius 1 is 0.933 bits per heavy atom. The molecule has 0 bridgehead atoms. The van der Waals surface area contributed by atoms with Gasteiger partial charge >= 0.3 is 0 Å². The lowest BCUT2D eigenvalue weighted by Crippen LogP contribution is -2.43. The predicted octanol–water partition coefficient (Wildman–Crippen LogP) is -0.324. The Hall–Kier alpha value is -1.97. The Morgan fingerprint density at radius 2 is 1.47 bits per heavy atom. The van der Waals surface area contributed by atoms with E-state index in [0.29, 0.717) is 22.3 Å². The number of rotatable bonds is 0. The summed E-state index contributed by atoms with van der Waals surface area (Å²) in [4.78, 5) is 20.3. The van der Waals surface area contributed by atoms with Crippen LogP contribution in [0.1, 0.15) is 15.9 Å². The van der Waals surface area contributed by atoms with Gasteiger partial charge in [-0.25, -0.2) is 0 Å². The average molecular weight is 193 g/mol. The average Bonchev–Trinajstić information content (AvgIpc) is 2.30. The van der Waals surface area contributed by atoms with Gasteiger partial charge in [0.15, 0.2) is 5.78 Å². The molecular weight excluding hydrogens is 187 g/mol. The minimum atomic E-state index is 0.00343. The van der Waals surface area contributed by atoms with Gasteiger partial charge in [-0.05, 0) is 24.3 Å². The quantitative estimate of drug-likeness (QED) is 0.459. The number of fused-ring (bicyclic) bond motifs is 2. The second-order valence-corrected chi connectivity index (χ2v) is 3.35. The topological polar surface area (TPSA) is 42.9 Å². The number of nitrogens with zero attached hydrogens (tertiary/aromatic N) is 2. The molecule has 15 heavy (non-hydrogen) atoms. The molecule has 0 aromatic carbocycles. The van der Waals surface area contributed by atoms with Gasteiger partial charge in [-0.3, -0.25) is 14.8 Å². The van der Waals surface area contributed by atoms with Crippen LogP contribution in [0.25, 0.3) is 0 Å². The summed E-state index contributed by atoms with van der Waals surface area (Å²) in [5, 5.41) is 0. The van der Waals surface area contributed by atoms with E-state index in [2.05, 4.69) is 9.97 Å². The lowest BCUT2D eigenvalue weighted by atomic mass is 9.62. The van der Waals surface area contributed by atoms with E-state index in [-0.39, 0.29) is 5.78 Å². The van der Waals surface area contributed by atoms with Gasteiger partial charge in [0.1, 0.15) is 0 Å². The predicted molar refractivity (Wildman–Crippen MR) is 56.9 cm³/mol. The molecule has 3 rings (SSSR count). The normalized spacial score (nSPS) is 12.7. The smallest absolute Gasteiger partial charge is 0.244 e. The summed E-state index contributed by atoms with van der Waals surface area (Å²) in [7, 11) is 1.84. The summed E-state index contributed by atoms with van der Waals surface area (Å²) >= 11 is 0. The van der Waals surface area contributed by atoms with E-state index >= 15 is 0 Å². The van der Waals surface area contributed by atoms with Gasteiger partial charge in [-0.1, -0.05) is 0 Å². The molecule has 2 aromatic rings. The Bertz CT molecular complexity index is 506. The molecular formula is C11H6BN2O. The van der Waals surface area contributed by atoms with Gasteiger partial charge < -0.3 is 0 Å². The molecule has 1 aliphatic rings. The lowest BCUT2D eigenvalue weighted by molar-refractivity contribution is 0.103. The van der Waals surface area contributed by atoms with Crippen molar-refractivity contribution in [2.75, 3.05) is 0 Å². The zero-order valence-electron chi connectivity index (χ0n) is 7.84. The summed E-state index contributed by atoms with van der Waals surface area (Å²) in [6.07, 6.45) is 3.35. The van der Waals surface area contributed by atoms with Crippen LogP contribution in [-0.2, 0) is 0 Å². The fourth-order valence-electron chi connectivity index (χ4n) is 1.72. The summed E-state index contributed by atoms with van der Waals surface area (Å²) in [6.45, 7) is 0. The zero-order valence-corrected chi connectivity index (χ0v) is 7.84. The Balaban J connectivity index is 2.24. The van der Waals surface area contributed by atoms with Gasteiger partial charge in [-0.15, -0.1) is 0 Å². The molecule has 0 aliphatic carbocycles. The SMILES string of the molecule is O=C1c2cccnc2[B]c2ncccc21. The van der Waals surface area contributed by atoms with Crippen LogP contribution in [0.5, 0.6) is 0 Å². The van der Waals surface area contributed by atoms with Crippen molar-refractivity contribution in [3.63, 3.8) is 0 Å². The minimum Gasteiger partial charge on any atom is -0.289 e. The van der Waals surface area contributed by atoms with Gasteiger partial charge in [0.25, 0.3) is 0 Å². The molecule has 0 amide bonds. The van der Waals surface area contributed by atoms with Crippen molar-refractivity contribution >= 4 is 24.2 Å². The van der Waals surface area contributed by atoms with Gasteiger partial charge in [-0.2, -0.15) is 0 Å². The van der Waals surface area contributed by atoms with E-state index in [1.54, 1.807) is 36.7 Å². The maximum absolute atomic E-state index is 12.0. The Labute approximate surface area is 87.4 Å². The first-order valence-electron chi connectivity index (χ1n) is 4.66. The maximum Gasteiger partial charge on any atom is 0.244 e.